The lowest BCUT2D eigenvalue weighted by Crippen LogP contribution is -2.24. The number of aromatic amines is 1. The predicted octanol–water partition coefficient (Wildman–Crippen LogP) is 2.32. The van der Waals surface area contributed by atoms with Gasteiger partial charge in [0, 0.05) is 6.54 Å². The van der Waals surface area contributed by atoms with Crippen LogP contribution < -0.4 is 4.72 Å². The van der Waals surface area contributed by atoms with Gasteiger partial charge < -0.3 is 4.98 Å². The van der Waals surface area contributed by atoms with Gasteiger partial charge in [0.25, 0.3) is 0 Å². The van der Waals surface area contributed by atoms with Gasteiger partial charge in [-0.25, -0.2) is 22.5 Å². The molecule has 0 radical (unpaired) electrons. The average Bonchev–Trinajstić information content (AvgIpc) is 2.95. The molecular formula is C15H14FN3O2S. The molecule has 22 heavy (non-hydrogen) atoms. The van der Waals surface area contributed by atoms with Crippen molar-refractivity contribution in [1.82, 2.24) is 14.7 Å². The third-order valence-corrected chi connectivity index (χ3v) is 4.55. The predicted molar refractivity (Wildman–Crippen MR) is 82.0 cm³/mol. The topological polar surface area (TPSA) is 74.8 Å². The summed E-state index contributed by atoms with van der Waals surface area (Å²) in [4.78, 5) is 7.09. The number of hydrogen-bond donors (Lipinski definition) is 2. The van der Waals surface area contributed by atoms with Crippen molar-refractivity contribution in [2.75, 3.05) is 0 Å². The molecule has 0 fully saturated rings. The third-order valence-electron chi connectivity index (χ3n) is 3.25. The van der Waals surface area contributed by atoms with Crippen molar-refractivity contribution >= 4 is 21.1 Å². The van der Waals surface area contributed by atoms with Gasteiger partial charge in [-0.15, -0.1) is 0 Å². The number of imidazole rings is 1. The first kappa shape index (κ1) is 14.7. The number of nitrogens with zero attached hydrogens (tertiary/aromatic N) is 1. The molecule has 114 valence electrons. The smallest absolute Gasteiger partial charge is 0.216 e. The molecule has 1 aromatic heterocycles. The Morgan fingerprint density at radius 1 is 1.09 bits per heavy atom. The van der Waals surface area contributed by atoms with E-state index in [0.29, 0.717) is 5.56 Å². The monoisotopic (exact) mass is 319 g/mol. The van der Waals surface area contributed by atoms with E-state index in [2.05, 4.69) is 14.7 Å². The maximum absolute atomic E-state index is 12.8. The zero-order valence-electron chi connectivity index (χ0n) is 11.6. The second kappa shape index (κ2) is 5.86. The molecule has 0 aliphatic heterocycles. The highest BCUT2D eigenvalue weighted by Crippen LogP contribution is 2.12. The van der Waals surface area contributed by atoms with Crippen molar-refractivity contribution in [1.29, 1.82) is 0 Å². The van der Waals surface area contributed by atoms with Crippen LogP contribution in [0.1, 0.15) is 11.1 Å². The molecule has 0 spiro atoms. The molecule has 0 unspecified atom stereocenters. The van der Waals surface area contributed by atoms with E-state index >= 15 is 0 Å². The van der Waals surface area contributed by atoms with Gasteiger partial charge in [-0.05, 0) is 35.4 Å². The zero-order valence-corrected chi connectivity index (χ0v) is 12.4. The van der Waals surface area contributed by atoms with Crippen LogP contribution in [0.25, 0.3) is 11.0 Å². The first-order valence-electron chi connectivity index (χ1n) is 6.66. The lowest BCUT2D eigenvalue weighted by molar-refractivity contribution is 0.580. The second-order valence-corrected chi connectivity index (χ2v) is 6.77. The first-order valence-corrected chi connectivity index (χ1v) is 8.31. The Morgan fingerprint density at radius 3 is 2.59 bits per heavy atom. The van der Waals surface area contributed by atoms with Gasteiger partial charge >= 0.3 is 0 Å². The van der Waals surface area contributed by atoms with Gasteiger partial charge in [0.05, 0.1) is 23.1 Å². The molecule has 0 saturated carbocycles. The molecule has 0 aliphatic rings. The number of nitrogens with one attached hydrogen (secondary N) is 2. The number of sulfonamides is 1. The fraction of sp³-hybridized carbons (Fsp3) is 0.133. The minimum atomic E-state index is -3.48. The number of H-pyrrole nitrogens is 1. The van der Waals surface area contributed by atoms with Gasteiger partial charge in [-0.1, -0.05) is 18.2 Å². The van der Waals surface area contributed by atoms with E-state index in [1.54, 1.807) is 6.33 Å². The number of fused-ring (bicyclic) bond motifs is 1. The Hall–Kier alpha value is -2.25. The minimum absolute atomic E-state index is 0.181. The molecule has 1 heterocycles. The SMILES string of the molecule is O=S(=O)(Cc1ccc(F)cc1)NCc1ccc2nc[nH]c2c1. The van der Waals surface area contributed by atoms with Crippen LogP contribution in [0.2, 0.25) is 0 Å². The minimum Gasteiger partial charge on any atom is -0.345 e. The van der Waals surface area contributed by atoms with Crippen molar-refractivity contribution < 1.29 is 12.8 Å². The number of aromatic nitrogens is 2. The van der Waals surface area contributed by atoms with Gasteiger partial charge in [0.15, 0.2) is 0 Å². The highest BCUT2D eigenvalue weighted by Gasteiger charge is 2.11. The van der Waals surface area contributed by atoms with Crippen molar-refractivity contribution in [3.63, 3.8) is 0 Å². The molecule has 3 aromatic rings. The van der Waals surface area contributed by atoms with E-state index in [0.717, 1.165) is 16.6 Å². The van der Waals surface area contributed by atoms with Gasteiger partial charge in [0.2, 0.25) is 10.0 Å². The van der Waals surface area contributed by atoms with E-state index < -0.39 is 10.0 Å². The molecule has 0 aliphatic carbocycles. The lowest BCUT2D eigenvalue weighted by atomic mass is 10.2. The Kier molecular flexibility index (Phi) is 3.91. The summed E-state index contributed by atoms with van der Waals surface area (Å²) in [6.45, 7) is 0.193. The first-order chi connectivity index (χ1) is 10.5. The van der Waals surface area contributed by atoms with Crippen molar-refractivity contribution in [2.45, 2.75) is 12.3 Å². The molecule has 0 saturated heterocycles. The molecular weight excluding hydrogens is 305 g/mol. The summed E-state index contributed by atoms with van der Waals surface area (Å²) in [5.41, 5.74) is 3.06. The second-order valence-electron chi connectivity index (χ2n) is 4.96. The van der Waals surface area contributed by atoms with E-state index in [1.165, 1.54) is 24.3 Å². The summed E-state index contributed by atoms with van der Waals surface area (Å²) in [7, 11) is -3.48. The molecule has 2 N–H and O–H groups in total. The highest BCUT2D eigenvalue weighted by molar-refractivity contribution is 7.88. The molecule has 3 rings (SSSR count). The van der Waals surface area contributed by atoms with Gasteiger partial charge in [-0.3, -0.25) is 0 Å². The van der Waals surface area contributed by atoms with Crippen LogP contribution in [0.15, 0.2) is 48.8 Å². The van der Waals surface area contributed by atoms with Crippen LogP contribution in [0.5, 0.6) is 0 Å². The van der Waals surface area contributed by atoms with Crippen molar-refractivity contribution in [3.05, 3.63) is 65.7 Å². The fourth-order valence-electron chi connectivity index (χ4n) is 2.14. The Balaban J connectivity index is 1.67. The Morgan fingerprint density at radius 2 is 1.82 bits per heavy atom. The van der Waals surface area contributed by atoms with E-state index in [4.69, 9.17) is 0 Å². The number of halogens is 1. The van der Waals surface area contributed by atoms with Gasteiger partial charge in [0.1, 0.15) is 5.82 Å². The van der Waals surface area contributed by atoms with E-state index in [-0.39, 0.29) is 18.1 Å². The third kappa shape index (κ3) is 3.49. The normalized spacial score (nSPS) is 11.9. The lowest BCUT2D eigenvalue weighted by Gasteiger charge is -2.07. The summed E-state index contributed by atoms with van der Waals surface area (Å²) >= 11 is 0. The van der Waals surface area contributed by atoms with Crippen molar-refractivity contribution in [2.24, 2.45) is 0 Å². The molecule has 0 bridgehead atoms. The fourth-order valence-corrected chi connectivity index (χ4v) is 3.26. The zero-order chi connectivity index (χ0) is 15.6. The van der Waals surface area contributed by atoms with Crippen molar-refractivity contribution in [3.8, 4) is 0 Å². The number of rotatable bonds is 5. The van der Waals surface area contributed by atoms with Crippen LogP contribution in [0.3, 0.4) is 0 Å². The summed E-state index contributed by atoms with van der Waals surface area (Å²) in [6.07, 6.45) is 1.59. The van der Waals surface area contributed by atoms with Crippen LogP contribution in [-0.2, 0) is 22.3 Å². The van der Waals surface area contributed by atoms with E-state index in [9.17, 15) is 12.8 Å². The standard InChI is InChI=1S/C15H14FN3O2S/c16-13-4-1-11(2-5-13)9-22(20,21)19-8-12-3-6-14-15(7-12)18-10-17-14/h1-7,10,19H,8-9H2,(H,17,18). The largest absolute Gasteiger partial charge is 0.345 e. The van der Waals surface area contributed by atoms with Crippen LogP contribution in [-0.4, -0.2) is 18.4 Å². The molecule has 5 nitrogen and oxygen atoms in total. The Labute approximate surface area is 127 Å². The summed E-state index contributed by atoms with van der Waals surface area (Å²) in [5.74, 6) is -0.568. The van der Waals surface area contributed by atoms with E-state index in [1.807, 2.05) is 18.2 Å². The number of benzene rings is 2. The van der Waals surface area contributed by atoms with Crippen LogP contribution in [0.4, 0.5) is 4.39 Å². The summed E-state index contributed by atoms with van der Waals surface area (Å²) in [6, 6.07) is 10.9. The quantitative estimate of drug-likeness (QED) is 0.758. The number of hydrogen-bond acceptors (Lipinski definition) is 3. The average molecular weight is 319 g/mol. The van der Waals surface area contributed by atoms with Crippen LogP contribution >= 0.6 is 0 Å². The summed E-state index contributed by atoms with van der Waals surface area (Å²) < 4.78 is 39.4. The highest BCUT2D eigenvalue weighted by atomic mass is 32.2. The maximum Gasteiger partial charge on any atom is 0.216 e. The van der Waals surface area contributed by atoms with Crippen LogP contribution in [0, 0.1) is 5.82 Å². The Bertz CT molecular complexity index is 889. The molecule has 2 aromatic carbocycles. The molecule has 0 amide bonds. The summed E-state index contributed by atoms with van der Waals surface area (Å²) in [5, 5.41) is 0. The maximum atomic E-state index is 12.8. The molecule has 7 heteroatoms. The van der Waals surface area contributed by atoms with Gasteiger partial charge in [-0.2, -0.15) is 0 Å². The molecule has 0 atom stereocenters.